The third-order valence-electron chi connectivity index (χ3n) is 5.10. The van der Waals surface area contributed by atoms with Crippen molar-refractivity contribution in [1.29, 1.82) is 0 Å². The van der Waals surface area contributed by atoms with E-state index in [1.807, 2.05) is 19.1 Å². The van der Waals surface area contributed by atoms with E-state index in [0.717, 1.165) is 31.0 Å². The summed E-state index contributed by atoms with van der Waals surface area (Å²) in [6, 6.07) is 7.81. The predicted molar refractivity (Wildman–Crippen MR) is 116 cm³/mol. The smallest absolute Gasteiger partial charge is 0.293 e. The number of pyridine rings is 1. The molecule has 10 heteroatoms. The molecule has 1 fully saturated rings. The van der Waals surface area contributed by atoms with E-state index in [1.165, 1.54) is 16.4 Å². The van der Waals surface area contributed by atoms with E-state index in [4.69, 9.17) is 0 Å². The Morgan fingerprint density at radius 1 is 1.20 bits per heavy atom. The molecule has 0 spiro atoms. The molecule has 0 bridgehead atoms. The van der Waals surface area contributed by atoms with Gasteiger partial charge in [0.1, 0.15) is 5.69 Å². The molecule has 1 atom stereocenters. The molecule has 2 heterocycles. The first-order chi connectivity index (χ1) is 14.4. The van der Waals surface area contributed by atoms with Crippen LogP contribution in [-0.4, -0.2) is 48.8 Å². The van der Waals surface area contributed by atoms with Gasteiger partial charge in [0.05, 0.1) is 9.82 Å². The van der Waals surface area contributed by atoms with Crippen molar-refractivity contribution in [3.8, 4) is 0 Å². The summed E-state index contributed by atoms with van der Waals surface area (Å²) < 4.78 is 27.3. The minimum absolute atomic E-state index is 0.0341. The average Bonchev–Trinajstić information content (AvgIpc) is 2.74. The number of rotatable bonds is 9. The number of sulfonamides is 1. The van der Waals surface area contributed by atoms with Crippen molar-refractivity contribution in [2.45, 2.75) is 31.1 Å². The van der Waals surface area contributed by atoms with Crippen LogP contribution in [0, 0.1) is 16.0 Å². The predicted octanol–water partition coefficient (Wildman–Crippen LogP) is 3.32. The van der Waals surface area contributed by atoms with Crippen molar-refractivity contribution in [2.75, 3.05) is 36.8 Å². The molecule has 0 unspecified atom stereocenters. The van der Waals surface area contributed by atoms with Crippen LogP contribution in [0.5, 0.6) is 0 Å². The Kier molecular flexibility index (Phi) is 7.22. The number of benzene rings is 1. The maximum absolute atomic E-state index is 12.9. The second-order valence-electron chi connectivity index (χ2n) is 7.49. The van der Waals surface area contributed by atoms with Crippen molar-refractivity contribution < 1.29 is 13.3 Å². The van der Waals surface area contributed by atoms with Crippen LogP contribution in [0.1, 0.15) is 26.2 Å². The summed E-state index contributed by atoms with van der Waals surface area (Å²) in [6.07, 6.45) is 5.92. The molecule has 3 rings (SSSR count). The molecule has 1 saturated heterocycles. The number of hydrogen-bond donors (Lipinski definition) is 2. The Bertz CT molecular complexity index is 968. The van der Waals surface area contributed by atoms with Crippen molar-refractivity contribution >= 4 is 27.1 Å². The molecule has 2 N–H and O–H groups in total. The molecule has 1 aliphatic heterocycles. The molecule has 1 aromatic heterocycles. The summed E-state index contributed by atoms with van der Waals surface area (Å²) in [5, 5.41) is 17.8. The zero-order valence-corrected chi connectivity index (χ0v) is 17.8. The summed E-state index contributed by atoms with van der Waals surface area (Å²) >= 11 is 0. The topological polar surface area (TPSA) is 117 Å². The zero-order chi connectivity index (χ0) is 21.6. The Balaban J connectivity index is 1.64. The van der Waals surface area contributed by atoms with E-state index in [9.17, 15) is 18.5 Å². The van der Waals surface area contributed by atoms with Gasteiger partial charge in [0.2, 0.25) is 10.0 Å². The minimum Gasteiger partial charge on any atom is -0.385 e. The van der Waals surface area contributed by atoms with E-state index >= 15 is 0 Å². The van der Waals surface area contributed by atoms with Crippen LogP contribution in [0.3, 0.4) is 0 Å². The van der Waals surface area contributed by atoms with Gasteiger partial charge in [-0.05, 0) is 49.4 Å². The summed E-state index contributed by atoms with van der Waals surface area (Å²) in [5.74, 6) is 0.283. The Hall–Kier alpha value is -2.72. The fourth-order valence-electron chi connectivity index (χ4n) is 3.50. The van der Waals surface area contributed by atoms with Crippen LogP contribution in [0.2, 0.25) is 0 Å². The first kappa shape index (κ1) is 22.0. The average molecular weight is 434 g/mol. The molecule has 162 valence electrons. The van der Waals surface area contributed by atoms with E-state index < -0.39 is 14.9 Å². The number of aromatic nitrogens is 1. The van der Waals surface area contributed by atoms with Crippen molar-refractivity contribution in [3.05, 3.63) is 52.8 Å². The molecule has 9 nitrogen and oxygen atoms in total. The quantitative estimate of drug-likeness (QED) is 0.354. The van der Waals surface area contributed by atoms with Gasteiger partial charge in [0.15, 0.2) is 0 Å². The fraction of sp³-hybridized carbons (Fsp3) is 0.450. The number of hydrogen-bond acceptors (Lipinski definition) is 7. The normalized spacial score (nSPS) is 17.4. The molecule has 1 aliphatic rings. The molecular formula is C20H27N5O4S. The third-order valence-corrected chi connectivity index (χ3v) is 6.96. The number of nitro groups is 1. The van der Waals surface area contributed by atoms with Gasteiger partial charge in [0.25, 0.3) is 5.69 Å². The second kappa shape index (κ2) is 9.86. The van der Waals surface area contributed by atoms with Gasteiger partial charge in [-0.3, -0.25) is 15.1 Å². The first-order valence-corrected chi connectivity index (χ1v) is 11.5. The highest BCUT2D eigenvalue weighted by Gasteiger charge is 2.30. The van der Waals surface area contributed by atoms with Crippen molar-refractivity contribution in [3.63, 3.8) is 0 Å². The summed E-state index contributed by atoms with van der Waals surface area (Å²) in [6.45, 7) is 4.10. The van der Waals surface area contributed by atoms with Gasteiger partial charge >= 0.3 is 0 Å². The summed E-state index contributed by atoms with van der Waals surface area (Å²) in [5.41, 5.74) is 1.04. The number of anilines is 2. The molecular weight excluding hydrogens is 406 g/mol. The molecule has 30 heavy (non-hydrogen) atoms. The number of piperidine rings is 1. The molecule has 0 radical (unpaired) electrons. The van der Waals surface area contributed by atoms with Crippen molar-refractivity contribution in [2.24, 2.45) is 5.92 Å². The second-order valence-corrected chi connectivity index (χ2v) is 9.43. The Morgan fingerprint density at radius 3 is 2.63 bits per heavy atom. The summed E-state index contributed by atoms with van der Waals surface area (Å²) in [4.78, 5) is 14.9. The lowest BCUT2D eigenvalue weighted by atomic mass is 10.0. The van der Waals surface area contributed by atoms with Crippen LogP contribution >= 0.6 is 0 Å². The Morgan fingerprint density at radius 2 is 1.93 bits per heavy atom. The van der Waals surface area contributed by atoms with E-state index in [0.29, 0.717) is 31.9 Å². The number of nitrogens with one attached hydrogen (secondary N) is 2. The lowest BCUT2D eigenvalue weighted by Crippen LogP contribution is -2.39. The standard InChI is InChI=1S/C20H27N5O4S/c1-16-4-2-13-24(15-16)30(28,29)18-5-6-19(20(14-18)25(26)27)23-10-3-9-22-17-7-11-21-12-8-17/h5-8,11-12,14,16,23H,2-4,9-10,13,15H2,1H3,(H,21,22)/t16-/m0/s1. The lowest BCUT2D eigenvalue weighted by molar-refractivity contribution is -0.384. The van der Waals surface area contributed by atoms with Gasteiger partial charge < -0.3 is 10.6 Å². The van der Waals surface area contributed by atoms with Crippen LogP contribution in [0.4, 0.5) is 17.1 Å². The van der Waals surface area contributed by atoms with Crippen LogP contribution in [-0.2, 0) is 10.0 Å². The summed E-state index contributed by atoms with van der Waals surface area (Å²) in [7, 11) is -3.74. The molecule has 0 aliphatic carbocycles. The SMILES string of the molecule is C[C@H]1CCCN(S(=O)(=O)c2ccc(NCCCNc3ccncc3)c([N+](=O)[O-])c2)C1. The van der Waals surface area contributed by atoms with Crippen LogP contribution < -0.4 is 10.6 Å². The molecule has 0 amide bonds. The first-order valence-electron chi connectivity index (χ1n) is 10.0. The Labute approximate surface area is 176 Å². The maximum Gasteiger partial charge on any atom is 0.293 e. The van der Waals surface area contributed by atoms with E-state index in [-0.39, 0.29) is 16.5 Å². The van der Waals surface area contributed by atoms with Gasteiger partial charge in [-0.2, -0.15) is 4.31 Å². The molecule has 0 saturated carbocycles. The van der Waals surface area contributed by atoms with Gasteiger partial charge in [0, 0.05) is 50.3 Å². The van der Waals surface area contributed by atoms with Gasteiger partial charge in [-0.15, -0.1) is 0 Å². The number of nitrogens with zero attached hydrogens (tertiary/aromatic N) is 3. The minimum atomic E-state index is -3.74. The lowest BCUT2D eigenvalue weighted by Gasteiger charge is -2.30. The van der Waals surface area contributed by atoms with Gasteiger partial charge in [-0.25, -0.2) is 8.42 Å². The third kappa shape index (κ3) is 5.45. The molecule has 1 aromatic carbocycles. The monoisotopic (exact) mass is 433 g/mol. The maximum atomic E-state index is 12.9. The van der Waals surface area contributed by atoms with Gasteiger partial charge in [-0.1, -0.05) is 6.92 Å². The molecule has 2 aromatic rings. The van der Waals surface area contributed by atoms with E-state index in [2.05, 4.69) is 15.6 Å². The highest BCUT2D eigenvalue weighted by atomic mass is 32.2. The largest absolute Gasteiger partial charge is 0.385 e. The fourth-order valence-corrected chi connectivity index (χ4v) is 5.12. The highest BCUT2D eigenvalue weighted by Crippen LogP contribution is 2.30. The number of nitro benzene ring substituents is 1. The highest BCUT2D eigenvalue weighted by molar-refractivity contribution is 7.89. The van der Waals surface area contributed by atoms with Crippen LogP contribution in [0.15, 0.2) is 47.6 Å². The zero-order valence-electron chi connectivity index (χ0n) is 17.0. The van der Waals surface area contributed by atoms with Crippen LogP contribution in [0.25, 0.3) is 0 Å². The van der Waals surface area contributed by atoms with Crippen molar-refractivity contribution in [1.82, 2.24) is 9.29 Å². The van der Waals surface area contributed by atoms with E-state index in [1.54, 1.807) is 12.4 Å².